The molecule has 1 aliphatic rings. The Morgan fingerprint density at radius 1 is 1.03 bits per heavy atom. The van der Waals surface area contributed by atoms with Gasteiger partial charge in [-0.2, -0.15) is 10.1 Å². The van der Waals surface area contributed by atoms with Gasteiger partial charge in [0, 0.05) is 49.5 Å². The van der Waals surface area contributed by atoms with Gasteiger partial charge in [0.15, 0.2) is 11.8 Å². The topological polar surface area (TPSA) is 103 Å². The molecule has 10 nitrogen and oxygen atoms in total. The smallest absolute Gasteiger partial charge is 0.229 e. The summed E-state index contributed by atoms with van der Waals surface area (Å²) in [6.07, 6.45) is 4.76. The van der Waals surface area contributed by atoms with Crippen LogP contribution in [0.2, 0.25) is 0 Å². The molecule has 0 aliphatic carbocycles. The van der Waals surface area contributed by atoms with Gasteiger partial charge >= 0.3 is 0 Å². The first kappa shape index (κ1) is 22.3. The zero-order valence-electron chi connectivity index (χ0n) is 19.6. The van der Waals surface area contributed by atoms with Crippen molar-refractivity contribution in [1.82, 2.24) is 39.4 Å². The second kappa shape index (κ2) is 9.11. The summed E-state index contributed by atoms with van der Waals surface area (Å²) in [5.41, 5.74) is 3.22. The number of rotatable bonds is 6. The highest BCUT2D eigenvalue weighted by atomic mass is 19.2. The number of aromatic nitrogens is 7. The van der Waals surface area contributed by atoms with E-state index in [0.29, 0.717) is 22.9 Å². The molecule has 1 saturated heterocycles. The highest BCUT2D eigenvalue weighted by molar-refractivity contribution is 5.92. The maximum absolute atomic E-state index is 14.0. The zero-order chi connectivity index (χ0) is 24.6. The molecular weight excluding hydrogens is 466 g/mol. The van der Waals surface area contributed by atoms with Crippen LogP contribution in [0.1, 0.15) is 11.9 Å². The van der Waals surface area contributed by atoms with E-state index in [1.807, 2.05) is 12.1 Å². The summed E-state index contributed by atoms with van der Waals surface area (Å²) in [6, 6.07) is 7.45. The monoisotopic (exact) mass is 490 g/mol. The van der Waals surface area contributed by atoms with Gasteiger partial charge in [-0.25, -0.2) is 28.2 Å². The molecule has 0 saturated carbocycles. The summed E-state index contributed by atoms with van der Waals surface area (Å²) in [7, 11) is 2.13. The van der Waals surface area contributed by atoms with E-state index >= 15 is 0 Å². The first-order valence-corrected chi connectivity index (χ1v) is 11.6. The molecule has 12 heteroatoms. The molecule has 0 amide bonds. The standard InChI is InChI=1S/C24H24F2N10/c1-34-6-8-35(9-7-34)21-4-2-15(11-27-21)31-24-30-13-17-16(12-29-23(17)32-24)19-3-5-22-28-14-20(18(26)10-25)36(22)33-19/h2-5,11-14,18H,6-10H2,1H3,(H2,29,30,31,32). The van der Waals surface area contributed by atoms with Gasteiger partial charge in [-0.05, 0) is 31.3 Å². The summed E-state index contributed by atoms with van der Waals surface area (Å²) in [4.78, 5) is 25.4. The van der Waals surface area contributed by atoms with Crippen molar-refractivity contribution < 1.29 is 8.78 Å². The van der Waals surface area contributed by atoms with Crippen molar-refractivity contribution in [3.8, 4) is 11.3 Å². The number of hydrogen-bond donors (Lipinski definition) is 2. The average molecular weight is 491 g/mol. The number of halogens is 2. The number of fused-ring (bicyclic) bond motifs is 2. The van der Waals surface area contributed by atoms with Crippen molar-refractivity contribution in [3.63, 3.8) is 0 Å². The summed E-state index contributed by atoms with van der Waals surface area (Å²) >= 11 is 0. The largest absolute Gasteiger partial charge is 0.354 e. The van der Waals surface area contributed by atoms with E-state index in [4.69, 9.17) is 0 Å². The number of imidazole rings is 1. The number of pyridine rings is 1. The van der Waals surface area contributed by atoms with Crippen molar-refractivity contribution in [1.29, 1.82) is 0 Å². The third-order valence-corrected chi connectivity index (χ3v) is 6.38. The Labute approximate surface area is 205 Å². The molecule has 6 heterocycles. The Bertz CT molecular complexity index is 1500. The van der Waals surface area contributed by atoms with Gasteiger partial charge in [-0.1, -0.05) is 0 Å². The summed E-state index contributed by atoms with van der Waals surface area (Å²) in [6.45, 7) is 2.83. The Balaban J connectivity index is 1.23. The van der Waals surface area contributed by atoms with Crippen LogP contribution in [0.15, 0.2) is 49.1 Å². The summed E-state index contributed by atoms with van der Waals surface area (Å²) < 4.78 is 28.2. The van der Waals surface area contributed by atoms with Crippen molar-refractivity contribution in [2.75, 3.05) is 50.1 Å². The number of hydrogen-bond acceptors (Lipinski definition) is 8. The third kappa shape index (κ3) is 4.09. The second-order valence-electron chi connectivity index (χ2n) is 8.77. The van der Waals surface area contributed by atoms with E-state index in [1.54, 1.807) is 30.7 Å². The van der Waals surface area contributed by atoms with E-state index < -0.39 is 12.8 Å². The fourth-order valence-corrected chi connectivity index (χ4v) is 4.32. The molecule has 5 aromatic rings. The lowest BCUT2D eigenvalue weighted by Crippen LogP contribution is -2.44. The maximum atomic E-state index is 14.0. The molecule has 0 aromatic carbocycles. The van der Waals surface area contributed by atoms with Gasteiger partial charge < -0.3 is 20.1 Å². The van der Waals surface area contributed by atoms with E-state index in [-0.39, 0.29) is 5.69 Å². The van der Waals surface area contributed by atoms with Crippen molar-refractivity contribution >= 4 is 34.1 Å². The molecular formula is C24H24F2N10. The van der Waals surface area contributed by atoms with Crippen LogP contribution in [-0.4, -0.2) is 79.3 Å². The van der Waals surface area contributed by atoms with Crippen LogP contribution in [0.25, 0.3) is 27.9 Å². The first-order chi connectivity index (χ1) is 17.6. The molecule has 2 N–H and O–H groups in total. The molecule has 1 fully saturated rings. The van der Waals surface area contributed by atoms with E-state index in [1.165, 1.54) is 10.7 Å². The SMILES string of the molecule is CN1CCN(c2ccc(Nc3ncc4c(-c5ccc6ncc(C(F)CF)n6n5)c[nH]c4n3)cn2)CC1. The lowest BCUT2D eigenvalue weighted by atomic mass is 10.2. The minimum atomic E-state index is -1.78. The molecule has 1 unspecified atom stereocenters. The number of likely N-dealkylation sites (N-methyl/N-ethyl adjacent to an activating group) is 1. The summed E-state index contributed by atoms with van der Waals surface area (Å²) in [5, 5.41) is 8.42. The van der Waals surface area contributed by atoms with Gasteiger partial charge in [-0.15, -0.1) is 0 Å². The Hall–Kier alpha value is -4.19. The number of nitrogens with one attached hydrogen (secondary N) is 2. The predicted octanol–water partition coefficient (Wildman–Crippen LogP) is 3.54. The number of H-pyrrole nitrogens is 1. The zero-order valence-corrected chi connectivity index (χ0v) is 19.6. The Morgan fingerprint density at radius 2 is 1.89 bits per heavy atom. The van der Waals surface area contributed by atoms with Crippen LogP contribution < -0.4 is 10.2 Å². The molecule has 6 rings (SSSR count). The van der Waals surface area contributed by atoms with E-state index in [9.17, 15) is 8.78 Å². The maximum Gasteiger partial charge on any atom is 0.229 e. The molecule has 184 valence electrons. The Morgan fingerprint density at radius 3 is 2.67 bits per heavy atom. The van der Waals surface area contributed by atoms with E-state index in [0.717, 1.165) is 48.6 Å². The average Bonchev–Trinajstić information content (AvgIpc) is 3.53. The number of anilines is 3. The van der Waals surface area contributed by atoms with Crippen molar-refractivity contribution in [2.45, 2.75) is 6.17 Å². The first-order valence-electron chi connectivity index (χ1n) is 11.6. The predicted molar refractivity (Wildman–Crippen MR) is 133 cm³/mol. The van der Waals surface area contributed by atoms with Gasteiger partial charge in [0.2, 0.25) is 5.95 Å². The fraction of sp³-hybridized carbons (Fsp3) is 0.292. The van der Waals surface area contributed by atoms with Crippen LogP contribution in [0.5, 0.6) is 0 Å². The molecule has 0 radical (unpaired) electrons. The van der Waals surface area contributed by atoms with Crippen LogP contribution >= 0.6 is 0 Å². The Kier molecular flexibility index (Phi) is 5.64. The minimum absolute atomic E-state index is 0.0733. The van der Waals surface area contributed by atoms with Crippen LogP contribution in [0.3, 0.4) is 0 Å². The molecule has 36 heavy (non-hydrogen) atoms. The van der Waals surface area contributed by atoms with E-state index in [2.05, 4.69) is 52.2 Å². The van der Waals surface area contributed by atoms with Crippen molar-refractivity contribution in [3.05, 3.63) is 54.7 Å². The highest BCUT2D eigenvalue weighted by Gasteiger charge is 2.18. The van der Waals surface area contributed by atoms with Crippen LogP contribution in [0, 0.1) is 0 Å². The highest BCUT2D eigenvalue weighted by Crippen LogP contribution is 2.28. The summed E-state index contributed by atoms with van der Waals surface area (Å²) in [5.74, 6) is 1.38. The molecule has 5 aromatic heterocycles. The number of aromatic amines is 1. The lowest BCUT2D eigenvalue weighted by molar-refractivity contribution is 0.258. The van der Waals surface area contributed by atoms with Gasteiger partial charge in [0.25, 0.3) is 0 Å². The van der Waals surface area contributed by atoms with Crippen LogP contribution in [-0.2, 0) is 0 Å². The normalized spacial score (nSPS) is 15.6. The molecule has 0 bridgehead atoms. The fourth-order valence-electron chi connectivity index (χ4n) is 4.32. The second-order valence-corrected chi connectivity index (χ2v) is 8.77. The third-order valence-electron chi connectivity index (χ3n) is 6.38. The molecule has 1 aliphatic heterocycles. The number of nitrogens with zero attached hydrogens (tertiary/aromatic N) is 8. The molecule has 0 spiro atoms. The lowest BCUT2D eigenvalue weighted by Gasteiger charge is -2.33. The minimum Gasteiger partial charge on any atom is -0.354 e. The number of alkyl halides is 2. The quantitative estimate of drug-likeness (QED) is 0.373. The van der Waals surface area contributed by atoms with Gasteiger partial charge in [-0.3, -0.25) is 0 Å². The number of piperazine rings is 1. The van der Waals surface area contributed by atoms with Crippen LogP contribution in [0.4, 0.5) is 26.2 Å². The molecule has 1 atom stereocenters. The van der Waals surface area contributed by atoms with Crippen molar-refractivity contribution in [2.24, 2.45) is 0 Å². The van der Waals surface area contributed by atoms with Gasteiger partial charge in [0.1, 0.15) is 18.1 Å². The van der Waals surface area contributed by atoms with Gasteiger partial charge in [0.05, 0.1) is 29.5 Å².